The molecule has 3 aromatic rings. The molecule has 122 valence electrons. The van der Waals surface area contributed by atoms with E-state index in [9.17, 15) is 8.42 Å². The summed E-state index contributed by atoms with van der Waals surface area (Å²) in [4.78, 5) is 0.320. The lowest BCUT2D eigenvalue weighted by molar-refractivity contribution is 0.415. The van der Waals surface area contributed by atoms with Crippen LogP contribution in [0.1, 0.15) is 11.1 Å². The number of benzene rings is 3. The molecule has 4 rings (SSSR count). The van der Waals surface area contributed by atoms with Crippen LogP contribution in [0.15, 0.2) is 59.5 Å². The van der Waals surface area contributed by atoms with Crippen LogP contribution in [0.25, 0.3) is 10.8 Å². The van der Waals surface area contributed by atoms with Crippen LogP contribution < -0.4 is 9.46 Å². The molecule has 0 radical (unpaired) electrons. The maximum Gasteiger partial charge on any atom is 0.262 e. The largest absolute Gasteiger partial charge is 0.497 e. The highest BCUT2D eigenvalue weighted by Crippen LogP contribution is 2.35. The summed E-state index contributed by atoms with van der Waals surface area (Å²) in [5.41, 5.74) is 2.96. The molecular weight excluding hydrogens is 322 g/mol. The summed E-state index contributed by atoms with van der Waals surface area (Å²) < 4.78 is 33.5. The number of sulfonamides is 1. The quantitative estimate of drug-likeness (QED) is 0.788. The Balaban J connectivity index is 1.78. The maximum absolute atomic E-state index is 12.9. The molecule has 0 spiro atoms. The molecule has 0 bridgehead atoms. The summed E-state index contributed by atoms with van der Waals surface area (Å²) in [5, 5.41) is 1.89. The fraction of sp³-hybridized carbons (Fsp3) is 0.158. The molecule has 0 amide bonds. The fourth-order valence-corrected chi connectivity index (χ4v) is 4.59. The van der Waals surface area contributed by atoms with Crippen LogP contribution in [0.4, 0.5) is 5.69 Å². The van der Waals surface area contributed by atoms with Crippen molar-refractivity contribution in [2.24, 2.45) is 0 Å². The lowest BCUT2D eigenvalue weighted by atomic mass is 10.1. The number of anilines is 1. The summed E-state index contributed by atoms with van der Waals surface area (Å²) >= 11 is 0. The van der Waals surface area contributed by atoms with Crippen LogP contribution in [-0.4, -0.2) is 15.5 Å². The zero-order chi connectivity index (χ0) is 16.7. The van der Waals surface area contributed by atoms with E-state index in [1.807, 2.05) is 18.2 Å². The minimum absolute atomic E-state index is 0.320. The number of methoxy groups -OCH3 is 1. The highest BCUT2D eigenvalue weighted by atomic mass is 32.2. The molecule has 0 saturated carbocycles. The van der Waals surface area contributed by atoms with Crippen molar-refractivity contribution in [3.05, 3.63) is 65.7 Å². The summed E-state index contributed by atoms with van der Waals surface area (Å²) in [5.74, 6) is 0.684. The molecule has 0 atom stereocenters. The van der Waals surface area contributed by atoms with Gasteiger partial charge in [-0.1, -0.05) is 24.3 Å². The third kappa shape index (κ3) is 2.41. The monoisotopic (exact) mass is 339 g/mol. The van der Waals surface area contributed by atoms with E-state index in [0.717, 1.165) is 23.6 Å². The van der Waals surface area contributed by atoms with Gasteiger partial charge in [-0.3, -0.25) is 4.72 Å². The Morgan fingerprint density at radius 1 is 0.917 bits per heavy atom. The molecule has 0 fully saturated rings. The lowest BCUT2D eigenvalue weighted by Crippen LogP contribution is -2.13. The molecule has 4 nitrogen and oxygen atoms in total. The Bertz CT molecular complexity index is 1010. The second-order valence-corrected chi connectivity index (χ2v) is 7.55. The third-order valence-electron chi connectivity index (χ3n) is 4.47. The summed E-state index contributed by atoms with van der Waals surface area (Å²) in [6.45, 7) is 0. The number of ether oxygens (including phenoxy) is 1. The topological polar surface area (TPSA) is 55.4 Å². The van der Waals surface area contributed by atoms with Gasteiger partial charge in [0.1, 0.15) is 5.75 Å². The Labute approximate surface area is 141 Å². The van der Waals surface area contributed by atoms with Gasteiger partial charge in [-0.15, -0.1) is 0 Å². The SMILES string of the molecule is COc1ccc(NS(=O)(=O)c2ccc3c4c(cccc24)CC3)cc1. The van der Waals surface area contributed by atoms with E-state index in [1.54, 1.807) is 37.4 Å². The number of hydrogen-bond acceptors (Lipinski definition) is 3. The van der Waals surface area contributed by atoms with Gasteiger partial charge in [0.25, 0.3) is 10.0 Å². The van der Waals surface area contributed by atoms with Crippen LogP contribution in [0.3, 0.4) is 0 Å². The highest BCUT2D eigenvalue weighted by Gasteiger charge is 2.22. The summed E-state index contributed by atoms with van der Waals surface area (Å²) in [6.07, 6.45) is 1.95. The van der Waals surface area contributed by atoms with Gasteiger partial charge in [0, 0.05) is 11.1 Å². The molecule has 5 heteroatoms. The molecule has 0 heterocycles. The number of rotatable bonds is 4. The highest BCUT2D eigenvalue weighted by molar-refractivity contribution is 7.93. The molecular formula is C19H17NO3S. The zero-order valence-corrected chi connectivity index (χ0v) is 14.1. The zero-order valence-electron chi connectivity index (χ0n) is 13.2. The van der Waals surface area contributed by atoms with E-state index in [4.69, 9.17) is 4.74 Å². The number of aryl methyl sites for hydroxylation is 2. The molecule has 3 aromatic carbocycles. The molecule has 0 unspecified atom stereocenters. The van der Waals surface area contributed by atoms with Crippen molar-refractivity contribution in [1.82, 2.24) is 0 Å². The first-order chi connectivity index (χ1) is 11.6. The van der Waals surface area contributed by atoms with Gasteiger partial charge in [-0.05, 0) is 59.7 Å². The predicted octanol–water partition coefficient (Wildman–Crippen LogP) is 3.75. The van der Waals surface area contributed by atoms with Crippen molar-refractivity contribution in [2.75, 3.05) is 11.8 Å². The Morgan fingerprint density at radius 2 is 1.62 bits per heavy atom. The van der Waals surface area contributed by atoms with Crippen molar-refractivity contribution in [2.45, 2.75) is 17.7 Å². The van der Waals surface area contributed by atoms with Crippen LogP contribution in [0, 0.1) is 0 Å². The average molecular weight is 339 g/mol. The first-order valence-corrected chi connectivity index (χ1v) is 9.27. The molecule has 24 heavy (non-hydrogen) atoms. The molecule has 1 aliphatic carbocycles. The van der Waals surface area contributed by atoms with Gasteiger partial charge in [-0.25, -0.2) is 8.42 Å². The van der Waals surface area contributed by atoms with Crippen LogP contribution in [0.5, 0.6) is 5.75 Å². The smallest absolute Gasteiger partial charge is 0.262 e. The van der Waals surface area contributed by atoms with Crippen molar-refractivity contribution >= 4 is 26.5 Å². The van der Waals surface area contributed by atoms with Crippen molar-refractivity contribution in [1.29, 1.82) is 0 Å². The second kappa shape index (κ2) is 5.53. The van der Waals surface area contributed by atoms with Crippen LogP contribution >= 0.6 is 0 Å². The minimum atomic E-state index is -3.66. The van der Waals surface area contributed by atoms with Crippen molar-refractivity contribution in [3.8, 4) is 5.75 Å². The summed E-state index contributed by atoms with van der Waals surface area (Å²) in [7, 11) is -2.08. The van der Waals surface area contributed by atoms with E-state index in [-0.39, 0.29) is 0 Å². The van der Waals surface area contributed by atoms with Gasteiger partial charge in [0.05, 0.1) is 12.0 Å². The maximum atomic E-state index is 12.9. The molecule has 0 aliphatic heterocycles. The van der Waals surface area contributed by atoms with E-state index in [1.165, 1.54) is 11.1 Å². The van der Waals surface area contributed by atoms with E-state index >= 15 is 0 Å². The molecule has 0 aromatic heterocycles. The van der Waals surface area contributed by atoms with E-state index in [2.05, 4.69) is 10.8 Å². The van der Waals surface area contributed by atoms with Crippen LogP contribution in [0.2, 0.25) is 0 Å². The third-order valence-corrected chi connectivity index (χ3v) is 5.91. The lowest BCUT2D eigenvalue weighted by Gasteiger charge is -2.12. The fourth-order valence-electron chi connectivity index (χ4n) is 3.32. The Kier molecular flexibility index (Phi) is 3.46. The number of hydrogen-bond donors (Lipinski definition) is 1. The van der Waals surface area contributed by atoms with E-state index < -0.39 is 10.0 Å². The van der Waals surface area contributed by atoms with Crippen LogP contribution in [-0.2, 0) is 22.9 Å². The molecule has 1 N–H and O–H groups in total. The Hall–Kier alpha value is -2.53. The van der Waals surface area contributed by atoms with Gasteiger partial charge < -0.3 is 4.74 Å². The first-order valence-electron chi connectivity index (χ1n) is 7.79. The first kappa shape index (κ1) is 15.0. The predicted molar refractivity (Wildman–Crippen MR) is 95.2 cm³/mol. The van der Waals surface area contributed by atoms with Crippen molar-refractivity contribution in [3.63, 3.8) is 0 Å². The minimum Gasteiger partial charge on any atom is -0.497 e. The standard InChI is InChI=1S/C19H17NO3S/c1-23-16-10-8-15(9-11-16)20-24(21,22)18-12-7-14-6-5-13-3-2-4-17(18)19(13)14/h2-4,7-12,20H,5-6H2,1H3. The second-order valence-electron chi connectivity index (χ2n) is 5.90. The van der Waals surface area contributed by atoms with Crippen molar-refractivity contribution < 1.29 is 13.2 Å². The average Bonchev–Trinajstić information content (AvgIpc) is 3.01. The van der Waals surface area contributed by atoms with Gasteiger partial charge in [0.2, 0.25) is 0 Å². The van der Waals surface area contributed by atoms with Gasteiger partial charge in [0.15, 0.2) is 0 Å². The molecule has 1 aliphatic rings. The molecule has 0 saturated heterocycles. The van der Waals surface area contributed by atoms with E-state index in [0.29, 0.717) is 16.3 Å². The normalized spacial score (nSPS) is 13.2. The summed E-state index contributed by atoms with van der Waals surface area (Å²) in [6, 6.07) is 16.4. The van der Waals surface area contributed by atoms with Gasteiger partial charge >= 0.3 is 0 Å². The van der Waals surface area contributed by atoms with Gasteiger partial charge in [-0.2, -0.15) is 0 Å². The Morgan fingerprint density at radius 3 is 2.33 bits per heavy atom. The number of nitrogens with one attached hydrogen (secondary N) is 1.